The van der Waals surface area contributed by atoms with Crippen molar-refractivity contribution in [2.45, 2.75) is 8.96 Å². The van der Waals surface area contributed by atoms with E-state index in [0.717, 1.165) is 38.9 Å². The summed E-state index contributed by atoms with van der Waals surface area (Å²) < 4.78 is 0.832. The van der Waals surface area contributed by atoms with Crippen LogP contribution >= 0.6 is 35.0 Å². The van der Waals surface area contributed by atoms with Crippen molar-refractivity contribution in [1.82, 2.24) is 0 Å². The molecule has 0 heterocycles. The van der Waals surface area contributed by atoms with Crippen LogP contribution in [0, 0.1) is 35.5 Å². The Bertz CT molecular complexity index is 219. The van der Waals surface area contributed by atoms with Crippen molar-refractivity contribution < 1.29 is 0 Å². The summed E-state index contributed by atoms with van der Waals surface area (Å²) in [5.41, 5.74) is 6.68. The van der Waals surface area contributed by atoms with Gasteiger partial charge in [0.25, 0.3) is 0 Å². The molecule has 2 N–H and O–H groups in total. The van der Waals surface area contributed by atoms with Gasteiger partial charge in [-0.15, -0.1) is 12.4 Å². The first-order valence-corrected chi connectivity index (χ1v) is 5.29. The maximum atomic E-state index is 6.24. The van der Waals surface area contributed by atoms with Crippen LogP contribution in [0.4, 0.5) is 0 Å². The summed E-state index contributed by atoms with van der Waals surface area (Å²) >= 11 is 2.73. The van der Waals surface area contributed by atoms with Crippen molar-refractivity contribution in [3.8, 4) is 0 Å². The first-order chi connectivity index (χ1) is 4.73. The quantitative estimate of drug-likeness (QED) is 0.521. The van der Waals surface area contributed by atoms with Crippen molar-refractivity contribution in [3.63, 3.8) is 0 Å². The molecule has 6 fully saturated rings. The van der Waals surface area contributed by atoms with Gasteiger partial charge in [-0.05, 0) is 35.5 Å². The molecule has 0 unspecified atom stereocenters. The molecule has 6 aliphatic carbocycles. The minimum absolute atomic E-state index is 0. The molecule has 0 aromatic carbocycles. The molecule has 3 heteroatoms. The lowest BCUT2D eigenvalue weighted by Gasteiger charge is -3.09. The molecule has 6 saturated carbocycles. The van der Waals surface area contributed by atoms with E-state index in [9.17, 15) is 0 Å². The van der Waals surface area contributed by atoms with Crippen molar-refractivity contribution in [2.24, 2.45) is 41.2 Å². The molecule has 0 bridgehead atoms. The van der Waals surface area contributed by atoms with Gasteiger partial charge >= 0.3 is 0 Å². The van der Waals surface area contributed by atoms with Crippen LogP contribution in [-0.2, 0) is 0 Å². The van der Waals surface area contributed by atoms with Crippen LogP contribution in [0.5, 0.6) is 0 Å². The molecular formula is C8H9ClIN. The minimum Gasteiger partial charge on any atom is -0.324 e. The zero-order valence-electron chi connectivity index (χ0n) is 5.83. The van der Waals surface area contributed by atoms with Gasteiger partial charge in [-0.1, -0.05) is 22.6 Å². The largest absolute Gasteiger partial charge is 0.324 e. The standard InChI is InChI=1S/C8H8IN.ClH/c9-7-1-4-2(7)6-3(7)5(1)8(4,6)10;/h1-6H,10H2;1H. The number of nitrogens with two attached hydrogens (primary N) is 1. The lowest BCUT2D eigenvalue weighted by molar-refractivity contribution is -0.546. The van der Waals surface area contributed by atoms with Gasteiger partial charge in [-0.25, -0.2) is 0 Å². The SMILES string of the molecule is Cl.NC12C3C4C1C1C2C3C41I. The molecular weight excluding hydrogens is 272 g/mol. The van der Waals surface area contributed by atoms with Crippen LogP contribution < -0.4 is 5.73 Å². The second-order valence-electron chi connectivity index (χ2n) is 4.98. The zero-order chi connectivity index (χ0) is 6.46. The van der Waals surface area contributed by atoms with E-state index in [2.05, 4.69) is 22.6 Å². The third-order valence-electron chi connectivity index (χ3n) is 5.59. The maximum Gasteiger partial charge on any atom is 0.0327 e. The van der Waals surface area contributed by atoms with Crippen molar-refractivity contribution in [3.05, 3.63) is 0 Å². The Morgan fingerprint density at radius 1 is 0.909 bits per heavy atom. The normalized spacial score (nSPS) is 94.4. The first kappa shape index (κ1) is 6.44. The average Bonchev–Trinajstić information content (AvgIpc) is 1.99. The predicted molar refractivity (Wildman–Crippen MR) is 51.9 cm³/mol. The molecule has 0 aromatic heterocycles. The number of hydrogen-bond donors (Lipinski definition) is 1. The Morgan fingerprint density at radius 3 is 1.55 bits per heavy atom. The second kappa shape index (κ2) is 1.14. The van der Waals surface area contributed by atoms with Crippen LogP contribution in [0.1, 0.15) is 0 Å². The second-order valence-corrected chi connectivity index (χ2v) is 6.85. The molecule has 0 spiro atoms. The van der Waals surface area contributed by atoms with Gasteiger partial charge in [0.15, 0.2) is 0 Å². The van der Waals surface area contributed by atoms with Crippen molar-refractivity contribution in [2.75, 3.05) is 0 Å². The van der Waals surface area contributed by atoms with E-state index in [0.29, 0.717) is 5.54 Å². The van der Waals surface area contributed by atoms with Gasteiger partial charge in [0, 0.05) is 8.96 Å². The van der Waals surface area contributed by atoms with Gasteiger partial charge in [0.1, 0.15) is 0 Å². The van der Waals surface area contributed by atoms with Gasteiger partial charge < -0.3 is 5.73 Å². The Hall–Kier alpha value is 0.980. The predicted octanol–water partition coefficient (Wildman–Crippen LogP) is 1.04. The Labute approximate surface area is 85.0 Å². The number of hydrogen-bond acceptors (Lipinski definition) is 1. The number of alkyl halides is 1. The third kappa shape index (κ3) is 0.238. The smallest absolute Gasteiger partial charge is 0.0327 e. The lowest BCUT2D eigenvalue weighted by Crippen LogP contribution is -3.16. The van der Waals surface area contributed by atoms with Crippen LogP contribution in [0.15, 0.2) is 0 Å². The van der Waals surface area contributed by atoms with E-state index in [-0.39, 0.29) is 12.4 Å². The van der Waals surface area contributed by atoms with Crippen LogP contribution in [0.2, 0.25) is 0 Å². The van der Waals surface area contributed by atoms with Gasteiger partial charge in [0.2, 0.25) is 0 Å². The highest BCUT2D eigenvalue weighted by Crippen LogP contribution is 3.05. The van der Waals surface area contributed by atoms with E-state index in [1.165, 1.54) is 0 Å². The fraction of sp³-hybridized carbons (Fsp3) is 1.00. The van der Waals surface area contributed by atoms with E-state index in [1.54, 1.807) is 0 Å². The summed E-state index contributed by atoms with van der Waals surface area (Å²) in [5, 5.41) is 0. The Morgan fingerprint density at radius 2 is 1.27 bits per heavy atom. The Balaban J connectivity index is 0.000000392. The zero-order valence-corrected chi connectivity index (χ0v) is 8.80. The van der Waals surface area contributed by atoms with Gasteiger partial charge in [0.05, 0.1) is 0 Å². The van der Waals surface area contributed by atoms with Gasteiger partial charge in [-0.3, -0.25) is 0 Å². The van der Waals surface area contributed by atoms with E-state index < -0.39 is 0 Å². The fourth-order valence-corrected chi connectivity index (χ4v) is 7.80. The molecule has 6 aliphatic rings. The minimum atomic E-state index is 0. The maximum absolute atomic E-state index is 6.24. The summed E-state index contributed by atoms with van der Waals surface area (Å²) in [6.45, 7) is 0. The molecule has 0 aromatic rings. The molecule has 0 atom stereocenters. The van der Waals surface area contributed by atoms with Gasteiger partial charge in [-0.2, -0.15) is 0 Å². The average molecular weight is 282 g/mol. The van der Waals surface area contributed by atoms with Crippen LogP contribution in [0.3, 0.4) is 0 Å². The molecule has 60 valence electrons. The molecule has 0 saturated heterocycles. The highest BCUT2D eigenvalue weighted by molar-refractivity contribution is 14.1. The molecule has 6 rings (SSSR count). The first-order valence-electron chi connectivity index (χ1n) is 4.21. The molecule has 0 aliphatic heterocycles. The lowest BCUT2D eigenvalue weighted by atomic mass is 8.99. The molecule has 11 heavy (non-hydrogen) atoms. The third-order valence-corrected chi connectivity index (χ3v) is 7.74. The summed E-state index contributed by atoms with van der Waals surface area (Å²) in [4.78, 5) is 0. The summed E-state index contributed by atoms with van der Waals surface area (Å²) in [6, 6.07) is 0. The molecule has 0 radical (unpaired) electrons. The van der Waals surface area contributed by atoms with E-state index >= 15 is 0 Å². The Kier molecular flexibility index (Phi) is 0.667. The topological polar surface area (TPSA) is 26.0 Å². The molecule has 1 nitrogen and oxygen atoms in total. The monoisotopic (exact) mass is 281 g/mol. The van der Waals surface area contributed by atoms with Crippen molar-refractivity contribution >= 4 is 35.0 Å². The highest BCUT2D eigenvalue weighted by Gasteiger charge is 3.08. The number of halogens is 2. The highest BCUT2D eigenvalue weighted by atomic mass is 127. The fourth-order valence-electron chi connectivity index (χ4n) is 5.48. The number of rotatable bonds is 0. The van der Waals surface area contributed by atoms with Crippen molar-refractivity contribution in [1.29, 1.82) is 0 Å². The van der Waals surface area contributed by atoms with E-state index in [1.807, 2.05) is 0 Å². The summed E-state index contributed by atoms with van der Waals surface area (Å²) in [7, 11) is 0. The molecule has 0 amide bonds. The van der Waals surface area contributed by atoms with Crippen LogP contribution in [-0.4, -0.2) is 8.96 Å². The van der Waals surface area contributed by atoms with E-state index in [4.69, 9.17) is 5.73 Å². The summed E-state index contributed by atoms with van der Waals surface area (Å²) in [5.74, 6) is 6.38. The van der Waals surface area contributed by atoms with Crippen LogP contribution in [0.25, 0.3) is 0 Å². The summed E-state index contributed by atoms with van der Waals surface area (Å²) in [6.07, 6.45) is 0.